The Balaban J connectivity index is 1.69. The maximum atomic E-state index is 4.32. The van der Waals surface area contributed by atoms with E-state index < -0.39 is 0 Å². The van der Waals surface area contributed by atoms with Gasteiger partial charge in [0.15, 0.2) is 0 Å². The van der Waals surface area contributed by atoms with Crippen LogP contribution in [0.1, 0.15) is 11.3 Å². The lowest BCUT2D eigenvalue weighted by Gasteiger charge is -2.03. The SMILES string of the molecule is c1ccc(Sc2ccc(Cc3cscn3)cc2)cc1. The second kappa shape index (κ2) is 6.04. The first-order chi connectivity index (χ1) is 9.40. The van der Waals surface area contributed by atoms with Gasteiger partial charge in [-0.1, -0.05) is 42.1 Å². The second-order valence-corrected chi connectivity index (χ2v) is 6.08. The number of nitrogens with zero attached hydrogens (tertiary/aromatic N) is 1. The van der Waals surface area contributed by atoms with Gasteiger partial charge < -0.3 is 0 Å². The molecule has 3 heteroatoms. The highest BCUT2D eigenvalue weighted by molar-refractivity contribution is 7.99. The predicted octanol–water partition coefficient (Wildman–Crippen LogP) is 4.89. The molecule has 2 aromatic carbocycles. The van der Waals surface area contributed by atoms with Gasteiger partial charge in [-0.2, -0.15) is 0 Å². The number of hydrogen-bond donors (Lipinski definition) is 0. The van der Waals surface area contributed by atoms with Crippen LogP contribution in [0.4, 0.5) is 0 Å². The molecule has 0 radical (unpaired) electrons. The second-order valence-electron chi connectivity index (χ2n) is 4.22. The van der Waals surface area contributed by atoms with Crippen LogP contribution in [-0.4, -0.2) is 4.98 Å². The highest BCUT2D eigenvalue weighted by Gasteiger charge is 2.00. The van der Waals surface area contributed by atoms with Gasteiger partial charge in [0.25, 0.3) is 0 Å². The third kappa shape index (κ3) is 3.46. The topological polar surface area (TPSA) is 12.9 Å². The number of aromatic nitrogens is 1. The summed E-state index contributed by atoms with van der Waals surface area (Å²) in [5.41, 5.74) is 4.34. The maximum Gasteiger partial charge on any atom is 0.0794 e. The molecule has 0 saturated carbocycles. The van der Waals surface area contributed by atoms with E-state index in [1.807, 2.05) is 11.6 Å². The van der Waals surface area contributed by atoms with E-state index in [1.54, 1.807) is 23.1 Å². The van der Waals surface area contributed by atoms with Gasteiger partial charge in [0.05, 0.1) is 11.2 Å². The van der Waals surface area contributed by atoms with Crippen LogP contribution < -0.4 is 0 Å². The molecule has 1 heterocycles. The molecule has 0 fully saturated rings. The minimum absolute atomic E-state index is 0.916. The Labute approximate surface area is 121 Å². The van der Waals surface area contributed by atoms with Gasteiger partial charge >= 0.3 is 0 Å². The first-order valence-electron chi connectivity index (χ1n) is 6.09. The summed E-state index contributed by atoms with van der Waals surface area (Å²) in [6, 6.07) is 19.2. The Morgan fingerprint density at radius 1 is 0.895 bits per heavy atom. The van der Waals surface area contributed by atoms with Crippen LogP contribution in [0.15, 0.2) is 75.3 Å². The third-order valence-electron chi connectivity index (χ3n) is 2.77. The minimum atomic E-state index is 0.916. The quantitative estimate of drug-likeness (QED) is 0.676. The maximum absolute atomic E-state index is 4.32. The highest BCUT2D eigenvalue weighted by atomic mass is 32.2. The molecule has 0 aliphatic heterocycles. The average molecular weight is 283 g/mol. The Hall–Kier alpha value is -1.58. The van der Waals surface area contributed by atoms with E-state index in [1.165, 1.54) is 15.4 Å². The smallest absolute Gasteiger partial charge is 0.0794 e. The average Bonchev–Trinajstić information content (AvgIpc) is 2.95. The van der Waals surface area contributed by atoms with E-state index in [-0.39, 0.29) is 0 Å². The van der Waals surface area contributed by atoms with E-state index in [0.29, 0.717) is 0 Å². The van der Waals surface area contributed by atoms with Crippen molar-refractivity contribution < 1.29 is 0 Å². The van der Waals surface area contributed by atoms with Crippen LogP contribution in [-0.2, 0) is 6.42 Å². The Morgan fingerprint density at radius 3 is 2.32 bits per heavy atom. The summed E-state index contributed by atoms with van der Waals surface area (Å²) < 4.78 is 0. The molecule has 0 aliphatic carbocycles. The van der Waals surface area contributed by atoms with E-state index >= 15 is 0 Å². The Kier molecular flexibility index (Phi) is 3.96. The van der Waals surface area contributed by atoms with Crippen LogP contribution >= 0.6 is 23.1 Å². The summed E-state index contributed by atoms with van der Waals surface area (Å²) in [4.78, 5) is 6.86. The number of thiazole rings is 1. The van der Waals surface area contributed by atoms with Crippen molar-refractivity contribution in [1.29, 1.82) is 0 Å². The first kappa shape index (κ1) is 12.5. The van der Waals surface area contributed by atoms with Crippen molar-refractivity contribution in [3.63, 3.8) is 0 Å². The van der Waals surface area contributed by atoms with Gasteiger partial charge in [0, 0.05) is 21.6 Å². The molecular weight excluding hydrogens is 270 g/mol. The van der Waals surface area contributed by atoms with Crippen molar-refractivity contribution in [2.24, 2.45) is 0 Å². The summed E-state index contributed by atoms with van der Waals surface area (Å²) in [5, 5.41) is 2.10. The molecule has 94 valence electrons. The van der Waals surface area contributed by atoms with Crippen LogP contribution in [0.25, 0.3) is 0 Å². The van der Waals surface area contributed by atoms with Gasteiger partial charge in [0.2, 0.25) is 0 Å². The lowest BCUT2D eigenvalue weighted by atomic mass is 10.1. The van der Waals surface area contributed by atoms with Crippen molar-refractivity contribution in [1.82, 2.24) is 4.98 Å². The van der Waals surface area contributed by atoms with E-state index in [4.69, 9.17) is 0 Å². The Morgan fingerprint density at radius 2 is 1.63 bits per heavy atom. The van der Waals surface area contributed by atoms with E-state index in [2.05, 4.69) is 58.9 Å². The molecule has 3 aromatic rings. The molecule has 19 heavy (non-hydrogen) atoms. The van der Waals surface area contributed by atoms with Gasteiger partial charge in [-0.05, 0) is 29.8 Å². The molecule has 0 spiro atoms. The molecule has 1 nitrogen and oxygen atoms in total. The fourth-order valence-corrected chi connectivity index (χ4v) is 3.23. The zero-order valence-electron chi connectivity index (χ0n) is 10.3. The van der Waals surface area contributed by atoms with Crippen molar-refractivity contribution in [3.05, 3.63) is 76.7 Å². The fourth-order valence-electron chi connectivity index (χ4n) is 1.83. The van der Waals surface area contributed by atoms with Crippen molar-refractivity contribution in [3.8, 4) is 0 Å². The first-order valence-corrected chi connectivity index (χ1v) is 7.85. The predicted molar refractivity (Wildman–Crippen MR) is 81.9 cm³/mol. The highest BCUT2D eigenvalue weighted by Crippen LogP contribution is 2.27. The molecule has 0 N–H and O–H groups in total. The normalized spacial score (nSPS) is 10.5. The molecule has 0 bridgehead atoms. The van der Waals surface area contributed by atoms with Crippen molar-refractivity contribution in [2.45, 2.75) is 16.2 Å². The van der Waals surface area contributed by atoms with E-state index in [0.717, 1.165) is 12.1 Å². The number of rotatable bonds is 4. The minimum Gasteiger partial charge on any atom is -0.249 e. The van der Waals surface area contributed by atoms with Crippen LogP contribution in [0.2, 0.25) is 0 Å². The summed E-state index contributed by atoms with van der Waals surface area (Å²) in [7, 11) is 0. The third-order valence-corrected chi connectivity index (χ3v) is 4.42. The summed E-state index contributed by atoms with van der Waals surface area (Å²) >= 11 is 3.44. The summed E-state index contributed by atoms with van der Waals surface area (Å²) in [5.74, 6) is 0. The van der Waals surface area contributed by atoms with Gasteiger partial charge in [-0.25, -0.2) is 4.98 Å². The lowest BCUT2D eigenvalue weighted by molar-refractivity contribution is 1.10. The molecule has 0 amide bonds. The largest absolute Gasteiger partial charge is 0.249 e. The molecule has 0 unspecified atom stereocenters. The van der Waals surface area contributed by atoms with Crippen LogP contribution in [0.3, 0.4) is 0 Å². The monoisotopic (exact) mass is 283 g/mol. The molecule has 1 aromatic heterocycles. The summed E-state index contributed by atoms with van der Waals surface area (Å²) in [6.45, 7) is 0. The van der Waals surface area contributed by atoms with Crippen molar-refractivity contribution in [2.75, 3.05) is 0 Å². The standard InChI is InChI=1S/C16H13NS2/c1-2-4-15(5-3-1)19-16-8-6-13(7-9-16)10-14-11-18-12-17-14/h1-9,11-12H,10H2. The van der Waals surface area contributed by atoms with Gasteiger partial charge in [-0.3, -0.25) is 0 Å². The lowest BCUT2D eigenvalue weighted by Crippen LogP contribution is -1.87. The van der Waals surface area contributed by atoms with E-state index in [9.17, 15) is 0 Å². The molecule has 0 aliphatic rings. The number of benzene rings is 2. The zero-order valence-corrected chi connectivity index (χ0v) is 12.0. The van der Waals surface area contributed by atoms with Gasteiger partial charge in [-0.15, -0.1) is 11.3 Å². The molecule has 0 atom stereocenters. The Bertz CT molecular complexity index is 616. The fraction of sp³-hybridized carbons (Fsp3) is 0.0625. The molecule has 0 saturated heterocycles. The van der Waals surface area contributed by atoms with Gasteiger partial charge in [0.1, 0.15) is 0 Å². The number of hydrogen-bond acceptors (Lipinski definition) is 3. The van der Waals surface area contributed by atoms with Crippen molar-refractivity contribution >= 4 is 23.1 Å². The molecular formula is C16H13NS2. The summed E-state index contributed by atoms with van der Waals surface area (Å²) in [6.07, 6.45) is 0.916. The molecule has 3 rings (SSSR count). The van der Waals surface area contributed by atoms with Crippen LogP contribution in [0, 0.1) is 0 Å². The van der Waals surface area contributed by atoms with Crippen LogP contribution in [0.5, 0.6) is 0 Å². The zero-order chi connectivity index (χ0) is 12.9.